The van der Waals surface area contributed by atoms with Gasteiger partial charge in [-0.15, -0.1) is 0 Å². The number of hydrogen-bond acceptors (Lipinski definition) is 3. The molecule has 1 fully saturated rings. The van der Waals surface area contributed by atoms with Gasteiger partial charge in [-0.25, -0.2) is 0 Å². The molecule has 1 aromatic carbocycles. The zero-order valence-corrected chi connectivity index (χ0v) is 12.2. The summed E-state index contributed by atoms with van der Waals surface area (Å²) in [5.74, 6) is 0. The fraction of sp³-hybridized carbons (Fsp3) is 0.385. The highest BCUT2D eigenvalue weighted by molar-refractivity contribution is 14.1. The van der Waals surface area contributed by atoms with E-state index in [1.54, 1.807) is 0 Å². The maximum absolute atomic E-state index is 10.8. The summed E-state index contributed by atoms with van der Waals surface area (Å²) in [6.45, 7) is 2.72. The van der Waals surface area contributed by atoms with E-state index in [0.29, 0.717) is 13.2 Å². The fourth-order valence-corrected chi connectivity index (χ4v) is 3.32. The van der Waals surface area contributed by atoms with Gasteiger partial charge in [0.2, 0.25) is 6.54 Å². The molecule has 0 N–H and O–H groups in total. The van der Waals surface area contributed by atoms with Crippen LogP contribution in [0.3, 0.4) is 0 Å². The van der Waals surface area contributed by atoms with Crippen LogP contribution >= 0.6 is 22.6 Å². The Morgan fingerprint density at radius 2 is 2.17 bits per heavy atom. The van der Waals surface area contributed by atoms with E-state index >= 15 is 0 Å². The normalized spacial score (nSPS) is 26.1. The molecular formula is C13H14INO3. The van der Waals surface area contributed by atoms with E-state index in [1.165, 1.54) is 0 Å². The van der Waals surface area contributed by atoms with Crippen molar-refractivity contribution in [1.29, 1.82) is 0 Å². The van der Waals surface area contributed by atoms with Gasteiger partial charge in [-0.05, 0) is 40.7 Å². The molecule has 0 aromatic heterocycles. The van der Waals surface area contributed by atoms with Crippen molar-refractivity contribution < 1.29 is 9.66 Å². The van der Waals surface area contributed by atoms with E-state index in [-0.39, 0.29) is 11.5 Å². The number of halogens is 1. The SMILES string of the molecule is C[C@]1(C[N+](=O)[O-])COC/C1=C(\I)c1ccccc1. The summed E-state index contributed by atoms with van der Waals surface area (Å²) in [5.41, 5.74) is 1.63. The summed E-state index contributed by atoms with van der Waals surface area (Å²) >= 11 is 2.26. The predicted molar refractivity (Wildman–Crippen MR) is 78.2 cm³/mol. The molecule has 0 bridgehead atoms. The lowest BCUT2D eigenvalue weighted by Crippen LogP contribution is -2.29. The molecule has 0 radical (unpaired) electrons. The first kappa shape index (κ1) is 13.5. The van der Waals surface area contributed by atoms with Crippen molar-refractivity contribution in [2.45, 2.75) is 6.92 Å². The number of ether oxygens (including phenoxy) is 1. The minimum atomic E-state index is -0.490. The molecular weight excluding hydrogens is 345 g/mol. The topological polar surface area (TPSA) is 52.4 Å². The van der Waals surface area contributed by atoms with E-state index in [4.69, 9.17) is 4.74 Å². The molecule has 0 unspecified atom stereocenters. The first-order chi connectivity index (χ1) is 8.53. The molecule has 1 saturated heterocycles. The lowest BCUT2D eigenvalue weighted by Gasteiger charge is -2.20. The zero-order valence-electron chi connectivity index (χ0n) is 10.1. The molecule has 1 aliphatic rings. The van der Waals surface area contributed by atoms with Crippen LogP contribution in [0.25, 0.3) is 3.58 Å². The van der Waals surface area contributed by atoms with Gasteiger partial charge in [0.25, 0.3) is 0 Å². The Labute approximate surface area is 119 Å². The predicted octanol–water partition coefficient (Wildman–Crippen LogP) is 3.15. The quantitative estimate of drug-likeness (QED) is 0.473. The first-order valence-electron chi connectivity index (χ1n) is 5.67. The van der Waals surface area contributed by atoms with Crippen LogP contribution in [0.2, 0.25) is 0 Å². The molecule has 96 valence electrons. The lowest BCUT2D eigenvalue weighted by molar-refractivity contribution is -0.493. The minimum Gasteiger partial charge on any atom is -0.376 e. The highest BCUT2D eigenvalue weighted by Crippen LogP contribution is 2.41. The Kier molecular flexibility index (Phi) is 4.01. The number of rotatable bonds is 3. The monoisotopic (exact) mass is 359 g/mol. The molecule has 1 atom stereocenters. The average Bonchev–Trinajstić information content (AvgIpc) is 2.70. The lowest BCUT2D eigenvalue weighted by atomic mass is 9.84. The van der Waals surface area contributed by atoms with Crippen molar-refractivity contribution in [2.24, 2.45) is 5.41 Å². The third kappa shape index (κ3) is 2.72. The third-order valence-corrected chi connectivity index (χ3v) is 4.44. The minimum absolute atomic E-state index is 0.0817. The molecule has 0 amide bonds. The van der Waals surface area contributed by atoms with Crippen molar-refractivity contribution >= 4 is 26.2 Å². The molecule has 2 rings (SSSR count). The highest BCUT2D eigenvalue weighted by atomic mass is 127. The van der Waals surface area contributed by atoms with Crippen LogP contribution in [0, 0.1) is 15.5 Å². The number of nitro groups is 1. The van der Waals surface area contributed by atoms with Gasteiger partial charge < -0.3 is 4.74 Å². The Balaban J connectivity index is 2.39. The highest BCUT2D eigenvalue weighted by Gasteiger charge is 2.41. The van der Waals surface area contributed by atoms with Crippen LogP contribution in [0.5, 0.6) is 0 Å². The van der Waals surface area contributed by atoms with Crippen molar-refractivity contribution in [3.63, 3.8) is 0 Å². The molecule has 18 heavy (non-hydrogen) atoms. The standard InChI is InChI=1S/C13H14INO3/c1-13(8-15(16)17)9-18-7-11(13)12(14)10-5-3-2-4-6-10/h2-6H,7-9H2,1H3/b12-11+/t13-/m0/s1. The van der Waals surface area contributed by atoms with Gasteiger partial charge in [-0.1, -0.05) is 30.3 Å². The third-order valence-electron chi connectivity index (χ3n) is 3.17. The summed E-state index contributed by atoms with van der Waals surface area (Å²) in [7, 11) is 0. The van der Waals surface area contributed by atoms with Gasteiger partial charge >= 0.3 is 0 Å². The summed E-state index contributed by atoms with van der Waals surface area (Å²) in [6.07, 6.45) is 0. The molecule has 5 heteroatoms. The van der Waals surface area contributed by atoms with Gasteiger partial charge in [0.1, 0.15) is 0 Å². The second kappa shape index (κ2) is 5.36. The maximum atomic E-state index is 10.8. The fourth-order valence-electron chi connectivity index (χ4n) is 2.15. The van der Waals surface area contributed by atoms with Crippen LogP contribution in [0.4, 0.5) is 0 Å². The number of hydrogen-bond donors (Lipinski definition) is 0. The van der Waals surface area contributed by atoms with E-state index in [9.17, 15) is 10.1 Å². The van der Waals surface area contributed by atoms with Crippen LogP contribution in [0.1, 0.15) is 12.5 Å². The van der Waals surface area contributed by atoms with Crippen LogP contribution in [0.15, 0.2) is 35.9 Å². The van der Waals surface area contributed by atoms with E-state index in [0.717, 1.165) is 14.7 Å². The average molecular weight is 359 g/mol. The van der Waals surface area contributed by atoms with Crippen molar-refractivity contribution in [3.8, 4) is 0 Å². The van der Waals surface area contributed by atoms with Gasteiger partial charge in [-0.3, -0.25) is 10.1 Å². The van der Waals surface area contributed by atoms with Gasteiger partial charge in [0.15, 0.2) is 0 Å². The summed E-state index contributed by atoms with van der Waals surface area (Å²) in [5, 5.41) is 10.8. The van der Waals surface area contributed by atoms with Gasteiger partial charge in [-0.2, -0.15) is 0 Å². The number of benzene rings is 1. The molecule has 0 saturated carbocycles. The summed E-state index contributed by atoms with van der Waals surface area (Å²) in [6, 6.07) is 9.92. The van der Waals surface area contributed by atoms with Crippen molar-refractivity contribution in [3.05, 3.63) is 51.6 Å². The molecule has 0 spiro atoms. The number of nitrogens with zero attached hydrogens (tertiary/aromatic N) is 1. The first-order valence-corrected chi connectivity index (χ1v) is 6.75. The molecule has 1 aliphatic heterocycles. The van der Waals surface area contributed by atoms with E-state index < -0.39 is 5.41 Å². The Morgan fingerprint density at radius 1 is 1.50 bits per heavy atom. The van der Waals surface area contributed by atoms with Crippen LogP contribution in [-0.4, -0.2) is 24.7 Å². The maximum Gasteiger partial charge on any atom is 0.215 e. The Bertz CT molecular complexity index is 486. The second-order valence-electron chi connectivity index (χ2n) is 4.70. The summed E-state index contributed by atoms with van der Waals surface area (Å²) < 4.78 is 6.51. The molecule has 1 heterocycles. The smallest absolute Gasteiger partial charge is 0.215 e. The molecule has 1 aromatic rings. The van der Waals surface area contributed by atoms with Crippen LogP contribution < -0.4 is 0 Å². The van der Waals surface area contributed by atoms with E-state index in [2.05, 4.69) is 22.6 Å². The summed E-state index contributed by atoms with van der Waals surface area (Å²) in [4.78, 5) is 10.5. The van der Waals surface area contributed by atoms with Crippen molar-refractivity contribution in [2.75, 3.05) is 19.8 Å². The Hall–Kier alpha value is -0.950. The van der Waals surface area contributed by atoms with Crippen molar-refractivity contribution in [1.82, 2.24) is 0 Å². The van der Waals surface area contributed by atoms with E-state index in [1.807, 2.05) is 37.3 Å². The van der Waals surface area contributed by atoms with Gasteiger partial charge in [0.05, 0.1) is 18.6 Å². The van der Waals surface area contributed by atoms with Gasteiger partial charge in [0, 0.05) is 8.50 Å². The van der Waals surface area contributed by atoms with Crippen LogP contribution in [-0.2, 0) is 4.74 Å². The Morgan fingerprint density at radius 3 is 2.78 bits per heavy atom. The largest absolute Gasteiger partial charge is 0.376 e. The second-order valence-corrected chi connectivity index (χ2v) is 5.78. The zero-order chi connectivity index (χ0) is 13.2. The molecule has 0 aliphatic carbocycles. The molecule has 4 nitrogen and oxygen atoms in total.